The van der Waals surface area contributed by atoms with Crippen molar-refractivity contribution in [3.8, 4) is 17.1 Å². The molecule has 0 aliphatic rings. The zero-order valence-corrected chi connectivity index (χ0v) is 19.5. The summed E-state index contributed by atoms with van der Waals surface area (Å²) in [5.41, 5.74) is 1.07. The monoisotopic (exact) mass is 528 g/mol. The molecule has 4 N–H and O–H groups in total. The van der Waals surface area contributed by atoms with Crippen LogP contribution < -0.4 is 20.7 Å². The molecule has 38 heavy (non-hydrogen) atoms. The zero-order valence-electron chi connectivity index (χ0n) is 19.5. The van der Waals surface area contributed by atoms with Gasteiger partial charge in [-0.15, -0.1) is 23.4 Å². The molecule has 196 valence electrons. The number of alkyl halides is 3. The third-order valence-corrected chi connectivity index (χ3v) is 5.16. The van der Waals surface area contributed by atoms with Crippen molar-refractivity contribution in [1.29, 1.82) is 0 Å². The van der Waals surface area contributed by atoms with Crippen molar-refractivity contribution in [3.05, 3.63) is 72.4 Å². The predicted octanol–water partition coefficient (Wildman–Crippen LogP) is 4.14. The molecule has 2 aromatic heterocycles. The highest BCUT2D eigenvalue weighted by Gasteiger charge is 2.32. The second-order valence-electron chi connectivity index (χ2n) is 7.87. The smallest absolute Gasteiger partial charge is 0.480 e. The minimum atomic E-state index is -4.92. The van der Waals surface area contributed by atoms with Crippen LogP contribution in [0.1, 0.15) is 17.3 Å². The number of carboxylic acid groups (broad SMARTS) is 1. The van der Waals surface area contributed by atoms with Gasteiger partial charge >= 0.3 is 18.4 Å². The van der Waals surface area contributed by atoms with Crippen LogP contribution in [0.3, 0.4) is 0 Å². The highest BCUT2D eigenvalue weighted by molar-refractivity contribution is 6.02. The number of halogens is 3. The number of carboxylic acids is 1. The van der Waals surface area contributed by atoms with E-state index in [4.69, 9.17) is 5.11 Å². The molecule has 0 saturated carbocycles. The third-order valence-electron chi connectivity index (χ3n) is 5.16. The molecule has 4 aromatic rings. The van der Waals surface area contributed by atoms with Crippen molar-refractivity contribution >= 4 is 34.9 Å². The number of amides is 3. The highest BCUT2D eigenvalue weighted by atomic mass is 19.4. The number of hydrogen-bond acceptors (Lipinski definition) is 6. The molecule has 4 rings (SSSR count). The van der Waals surface area contributed by atoms with Crippen LogP contribution in [0.5, 0.6) is 5.75 Å². The number of aliphatic carboxylic acids is 1. The summed E-state index contributed by atoms with van der Waals surface area (Å²) in [7, 11) is 0. The van der Waals surface area contributed by atoms with Gasteiger partial charge < -0.3 is 25.8 Å². The quantitative estimate of drug-likeness (QED) is 0.282. The average Bonchev–Trinajstić information content (AvgIpc) is 3.29. The predicted molar refractivity (Wildman–Crippen MR) is 129 cm³/mol. The van der Waals surface area contributed by atoms with Gasteiger partial charge in [-0.25, -0.2) is 4.79 Å². The second-order valence-corrected chi connectivity index (χ2v) is 7.87. The maximum atomic E-state index is 12.6. The maximum Gasteiger partial charge on any atom is 0.573 e. The van der Waals surface area contributed by atoms with Crippen molar-refractivity contribution < 1.29 is 37.4 Å². The van der Waals surface area contributed by atoms with Crippen LogP contribution in [-0.2, 0) is 4.79 Å². The summed E-state index contributed by atoms with van der Waals surface area (Å²) in [5.74, 6) is -2.00. The van der Waals surface area contributed by atoms with E-state index in [1.54, 1.807) is 40.9 Å². The van der Waals surface area contributed by atoms with Crippen LogP contribution in [0.15, 0.2) is 66.9 Å². The van der Waals surface area contributed by atoms with E-state index in [2.05, 4.69) is 30.9 Å². The molecule has 2 heterocycles. The first-order valence-electron chi connectivity index (χ1n) is 10.9. The number of ether oxygens (including phenoxy) is 1. The molecule has 0 unspecified atom stereocenters. The number of carbonyl (C=O) groups is 3. The summed E-state index contributed by atoms with van der Waals surface area (Å²) in [4.78, 5) is 35.9. The first-order valence-corrected chi connectivity index (χ1v) is 10.9. The molecule has 2 aromatic carbocycles. The number of benzene rings is 2. The van der Waals surface area contributed by atoms with Crippen molar-refractivity contribution in [3.63, 3.8) is 0 Å². The lowest BCUT2D eigenvalue weighted by Crippen LogP contribution is -2.38. The Bertz CT molecular complexity index is 1500. The summed E-state index contributed by atoms with van der Waals surface area (Å²) >= 11 is 0. The molecule has 3 amide bonds. The number of aromatic nitrogens is 3. The van der Waals surface area contributed by atoms with Gasteiger partial charge in [0.2, 0.25) is 0 Å². The molecule has 1 atom stereocenters. The molecular formula is C24H19F3N6O5. The van der Waals surface area contributed by atoms with E-state index in [1.165, 1.54) is 31.2 Å². The Morgan fingerprint density at radius 1 is 0.974 bits per heavy atom. The Kier molecular flexibility index (Phi) is 7.14. The minimum absolute atomic E-state index is 0.129. The SMILES string of the molecule is C[C@H](NC(=O)c1cccn2c(-c3ccc(NC(=O)Nc4ccccc4OC(F)(F)F)cc3)nnc12)C(=O)O. The highest BCUT2D eigenvalue weighted by Crippen LogP contribution is 2.30. The van der Waals surface area contributed by atoms with Crippen LogP contribution in [0, 0.1) is 0 Å². The van der Waals surface area contributed by atoms with Crippen LogP contribution in [0.25, 0.3) is 17.0 Å². The number of urea groups is 1. The molecule has 0 spiro atoms. The van der Waals surface area contributed by atoms with Crippen LogP contribution in [0.2, 0.25) is 0 Å². The van der Waals surface area contributed by atoms with Gasteiger partial charge in [0, 0.05) is 17.4 Å². The Hall–Kier alpha value is -5.14. The van der Waals surface area contributed by atoms with Crippen LogP contribution in [0.4, 0.5) is 29.3 Å². The van der Waals surface area contributed by atoms with Gasteiger partial charge in [0.05, 0.1) is 11.3 Å². The fraction of sp³-hybridized carbons (Fsp3) is 0.125. The molecule has 0 aliphatic carbocycles. The standard InChI is InChI=1S/C24H19F3N6O5/c1-13(22(35)36)28-21(34)16-5-4-12-33-19(31-32-20(16)33)14-8-10-15(11-9-14)29-23(37)30-17-6-2-3-7-18(17)38-24(25,26)27/h2-13H,1H3,(H,28,34)(H,35,36)(H2,29,30,37)/t13-/m0/s1. The lowest BCUT2D eigenvalue weighted by atomic mass is 10.2. The van der Waals surface area contributed by atoms with Gasteiger partial charge in [0.1, 0.15) is 6.04 Å². The van der Waals surface area contributed by atoms with E-state index >= 15 is 0 Å². The molecular weight excluding hydrogens is 509 g/mol. The first-order chi connectivity index (χ1) is 18.0. The fourth-order valence-corrected chi connectivity index (χ4v) is 3.40. The van der Waals surface area contributed by atoms with Gasteiger partial charge in [-0.2, -0.15) is 0 Å². The van der Waals surface area contributed by atoms with Crippen molar-refractivity contribution in [2.45, 2.75) is 19.3 Å². The summed E-state index contributed by atoms with van der Waals surface area (Å²) in [6.07, 6.45) is -3.29. The van der Waals surface area contributed by atoms with E-state index in [0.717, 1.165) is 6.07 Å². The molecule has 0 radical (unpaired) electrons. The number of nitrogens with one attached hydrogen (secondary N) is 3. The summed E-state index contributed by atoms with van der Waals surface area (Å²) in [5, 5.41) is 24.4. The zero-order chi connectivity index (χ0) is 27.4. The number of rotatable bonds is 7. The fourth-order valence-electron chi connectivity index (χ4n) is 3.40. The topological polar surface area (TPSA) is 147 Å². The number of nitrogens with zero attached hydrogens (tertiary/aromatic N) is 3. The van der Waals surface area contributed by atoms with Gasteiger partial charge in [-0.3, -0.25) is 14.0 Å². The summed E-state index contributed by atoms with van der Waals surface area (Å²) in [6, 6.07) is 12.6. The average molecular weight is 528 g/mol. The summed E-state index contributed by atoms with van der Waals surface area (Å²) < 4.78 is 43.3. The van der Waals surface area contributed by atoms with E-state index in [0.29, 0.717) is 17.1 Å². The number of carbonyl (C=O) groups excluding carboxylic acids is 2. The van der Waals surface area contributed by atoms with Crippen LogP contribution >= 0.6 is 0 Å². The molecule has 0 fully saturated rings. The Labute approximate surface area is 212 Å². The normalized spacial score (nSPS) is 12.0. The largest absolute Gasteiger partial charge is 0.573 e. The molecule has 0 saturated heterocycles. The first kappa shape index (κ1) is 25.9. The number of anilines is 2. The van der Waals surface area contributed by atoms with E-state index in [1.807, 2.05) is 0 Å². The molecule has 0 bridgehead atoms. The Balaban J connectivity index is 1.48. The molecule has 0 aliphatic heterocycles. The Morgan fingerprint density at radius 3 is 2.37 bits per heavy atom. The van der Waals surface area contributed by atoms with Crippen molar-refractivity contribution in [1.82, 2.24) is 19.9 Å². The van der Waals surface area contributed by atoms with Gasteiger partial charge in [-0.1, -0.05) is 12.1 Å². The van der Waals surface area contributed by atoms with Gasteiger partial charge in [0.25, 0.3) is 5.91 Å². The van der Waals surface area contributed by atoms with Crippen molar-refractivity contribution in [2.75, 3.05) is 10.6 Å². The third kappa shape index (κ3) is 5.98. The lowest BCUT2D eigenvalue weighted by Gasteiger charge is -2.14. The number of hydrogen-bond donors (Lipinski definition) is 4. The van der Waals surface area contributed by atoms with Gasteiger partial charge in [-0.05, 0) is 55.5 Å². The second kappa shape index (κ2) is 10.5. The van der Waals surface area contributed by atoms with Crippen LogP contribution in [-0.4, -0.2) is 50.0 Å². The number of pyridine rings is 1. The van der Waals surface area contributed by atoms with Gasteiger partial charge in [0.15, 0.2) is 17.2 Å². The number of fused-ring (bicyclic) bond motifs is 1. The Morgan fingerprint density at radius 2 is 1.68 bits per heavy atom. The summed E-state index contributed by atoms with van der Waals surface area (Å²) in [6.45, 7) is 1.33. The van der Waals surface area contributed by atoms with E-state index < -0.39 is 36.1 Å². The number of para-hydroxylation sites is 2. The van der Waals surface area contributed by atoms with Crippen molar-refractivity contribution in [2.24, 2.45) is 0 Å². The lowest BCUT2D eigenvalue weighted by molar-refractivity contribution is -0.274. The minimum Gasteiger partial charge on any atom is -0.480 e. The molecule has 11 nitrogen and oxygen atoms in total. The van der Waals surface area contributed by atoms with E-state index in [9.17, 15) is 27.6 Å². The maximum absolute atomic E-state index is 12.6. The molecule has 14 heteroatoms. The van der Waals surface area contributed by atoms with E-state index in [-0.39, 0.29) is 16.9 Å².